The van der Waals surface area contributed by atoms with E-state index in [-0.39, 0.29) is 5.41 Å². The van der Waals surface area contributed by atoms with Crippen molar-refractivity contribution in [2.75, 3.05) is 20.1 Å². The first-order valence-electron chi connectivity index (χ1n) is 9.79. The van der Waals surface area contributed by atoms with E-state index in [1.54, 1.807) is 0 Å². The smallest absolute Gasteiger partial charge is 0.227 e. The van der Waals surface area contributed by atoms with Crippen molar-refractivity contribution in [1.29, 1.82) is 0 Å². The van der Waals surface area contributed by atoms with Gasteiger partial charge in [0.05, 0.1) is 5.41 Å². The lowest BCUT2D eigenvalue weighted by atomic mass is 9.68. The number of hydrogen-bond acceptors (Lipinski definition) is 2. The highest BCUT2D eigenvalue weighted by molar-refractivity contribution is 6.30. The van der Waals surface area contributed by atoms with Crippen molar-refractivity contribution >= 4 is 17.5 Å². The molecule has 3 aliphatic rings. The van der Waals surface area contributed by atoms with Crippen molar-refractivity contribution in [2.24, 2.45) is 17.3 Å². The minimum absolute atomic E-state index is 0.202. The zero-order valence-electron chi connectivity index (χ0n) is 15.1. The number of likely N-dealkylation sites (N-methyl/N-ethyl adjacent to an activating group) is 1. The van der Waals surface area contributed by atoms with Crippen LogP contribution >= 0.6 is 11.6 Å². The number of fused-ring (bicyclic) bond motifs is 2. The highest BCUT2D eigenvalue weighted by Gasteiger charge is 2.55. The summed E-state index contributed by atoms with van der Waals surface area (Å²) < 4.78 is 0. The Morgan fingerprint density at radius 2 is 2.08 bits per heavy atom. The fraction of sp³-hybridized carbons (Fsp3) is 0.667. The third kappa shape index (κ3) is 3.46. The molecule has 1 amide bonds. The van der Waals surface area contributed by atoms with Gasteiger partial charge in [0.15, 0.2) is 0 Å². The van der Waals surface area contributed by atoms with Crippen LogP contribution in [0.5, 0.6) is 0 Å². The third-order valence-corrected chi connectivity index (χ3v) is 7.07. The first kappa shape index (κ1) is 17.4. The van der Waals surface area contributed by atoms with E-state index >= 15 is 0 Å². The van der Waals surface area contributed by atoms with Crippen LogP contribution in [-0.2, 0) is 11.2 Å². The van der Waals surface area contributed by atoms with Crippen LogP contribution in [0.15, 0.2) is 24.3 Å². The van der Waals surface area contributed by atoms with Crippen molar-refractivity contribution in [3.8, 4) is 0 Å². The molecule has 1 heterocycles. The predicted octanol–water partition coefficient (Wildman–Crippen LogP) is 3.90. The number of carbonyl (C=O) groups excluding carboxylic acids is 1. The Morgan fingerprint density at radius 3 is 2.72 bits per heavy atom. The molecular weight excluding hydrogens is 332 g/mol. The molecule has 1 aromatic rings. The number of amides is 1. The second-order valence-corrected chi connectivity index (χ2v) is 9.05. The average Bonchev–Trinajstić information content (AvgIpc) is 3.18. The van der Waals surface area contributed by atoms with E-state index in [1.165, 1.54) is 31.2 Å². The van der Waals surface area contributed by atoms with Gasteiger partial charge in [-0.1, -0.05) is 30.2 Å². The van der Waals surface area contributed by atoms with Crippen molar-refractivity contribution in [1.82, 2.24) is 10.2 Å². The van der Waals surface area contributed by atoms with Crippen LogP contribution in [-0.4, -0.2) is 37.0 Å². The first-order valence-corrected chi connectivity index (χ1v) is 10.2. The Labute approximate surface area is 156 Å². The van der Waals surface area contributed by atoms with Gasteiger partial charge in [0, 0.05) is 17.6 Å². The fourth-order valence-electron chi connectivity index (χ4n) is 5.60. The predicted molar refractivity (Wildman–Crippen MR) is 102 cm³/mol. The van der Waals surface area contributed by atoms with Crippen LogP contribution < -0.4 is 5.32 Å². The lowest BCUT2D eigenvalue weighted by Crippen LogP contribution is -2.53. The van der Waals surface area contributed by atoms with Crippen molar-refractivity contribution in [3.63, 3.8) is 0 Å². The second-order valence-electron chi connectivity index (χ2n) is 8.61. The zero-order chi connectivity index (χ0) is 17.4. The van der Waals surface area contributed by atoms with E-state index < -0.39 is 0 Å². The monoisotopic (exact) mass is 360 g/mol. The summed E-state index contributed by atoms with van der Waals surface area (Å²) in [5, 5.41) is 4.21. The number of likely N-dealkylation sites (tertiary alicyclic amines) is 1. The first-order chi connectivity index (χ1) is 12.0. The van der Waals surface area contributed by atoms with E-state index in [4.69, 9.17) is 11.6 Å². The maximum absolute atomic E-state index is 13.4. The van der Waals surface area contributed by atoms with Gasteiger partial charge < -0.3 is 10.2 Å². The largest absolute Gasteiger partial charge is 0.352 e. The molecule has 4 unspecified atom stereocenters. The second kappa shape index (κ2) is 6.92. The van der Waals surface area contributed by atoms with Crippen LogP contribution in [0.1, 0.15) is 44.1 Å². The van der Waals surface area contributed by atoms with Crippen LogP contribution in [0.25, 0.3) is 0 Å². The Bertz CT molecular complexity index is 631. The molecule has 136 valence electrons. The summed E-state index contributed by atoms with van der Waals surface area (Å²) in [7, 11) is 2.15. The van der Waals surface area contributed by atoms with E-state index in [9.17, 15) is 4.79 Å². The normalized spacial score (nSPS) is 35.0. The number of piperidine rings is 1. The number of carbonyl (C=O) groups is 1. The van der Waals surface area contributed by atoms with Crippen molar-refractivity contribution in [3.05, 3.63) is 34.9 Å². The molecule has 0 spiro atoms. The highest BCUT2D eigenvalue weighted by Crippen LogP contribution is 2.57. The molecule has 1 N–H and O–H groups in total. The standard InChI is InChI=1S/C21H29ClN2O/c1-24-10-2-3-19(14-24)23-20(25)21(13-16-4-7-17(21)11-16)12-15-5-8-18(22)9-6-15/h5-6,8-9,16-17,19H,2-4,7,10-14H2,1H3,(H,23,25). The summed E-state index contributed by atoms with van der Waals surface area (Å²) in [5.74, 6) is 1.61. The molecular formula is C21H29ClN2O. The van der Waals surface area contributed by atoms with Gasteiger partial charge in [-0.15, -0.1) is 0 Å². The Kier molecular flexibility index (Phi) is 4.81. The summed E-state index contributed by atoms with van der Waals surface area (Å²) in [6.07, 6.45) is 7.99. The Morgan fingerprint density at radius 1 is 1.28 bits per heavy atom. The molecule has 4 rings (SSSR count). The summed E-state index contributed by atoms with van der Waals surface area (Å²) in [5.41, 5.74) is 1.04. The number of rotatable bonds is 4. The summed E-state index contributed by atoms with van der Waals surface area (Å²) in [6, 6.07) is 8.40. The molecule has 0 radical (unpaired) electrons. The molecule has 2 aliphatic carbocycles. The van der Waals surface area contributed by atoms with Crippen LogP contribution in [0.4, 0.5) is 0 Å². The number of halogens is 1. The SMILES string of the molecule is CN1CCCC(NC(=O)C2(Cc3ccc(Cl)cc3)CC3CCC2C3)C1. The summed E-state index contributed by atoms with van der Waals surface area (Å²) in [6.45, 7) is 2.13. The van der Waals surface area contributed by atoms with E-state index in [0.717, 1.165) is 43.3 Å². The molecule has 0 aromatic heterocycles. The van der Waals surface area contributed by atoms with Gasteiger partial charge in [0.1, 0.15) is 0 Å². The lowest BCUT2D eigenvalue weighted by molar-refractivity contribution is -0.135. The molecule has 1 aromatic carbocycles. The van der Waals surface area contributed by atoms with Crippen LogP contribution in [0, 0.1) is 17.3 Å². The third-order valence-electron chi connectivity index (χ3n) is 6.82. The van der Waals surface area contributed by atoms with Gasteiger partial charge >= 0.3 is 0 Å². The highest BCUT2D eigenvalue weighted by atomic mass is 35.5. The van der Waals surface area contributed by atoms with E-state index in [0.29, 0.717) is 17.9 Å². The van der Waals surface area contributed by atoms with Gasteiger partial charge in [-0.25, -0.2) is 0 Å². The molecule has 3 nitrogen and oxygen atoms in total. The molecule has 4 heteroatoms. The maximum Gasteiger partial charge on any atom is 0.227 e. The molecule has 2 saturated carbocycles. The number of nitrogens with zero attached hydrogens (tertiary/aromatic N) is 1. The lowest BCUT2D eigenvalue weighted by Gasteiger charge is -2.39. The van der Waals surface area contributed by atoms with Crippen LogP contribution in [0.2, 0.25) is 5.02 Å². The van der Waals surface area contributed by atoms with E-state index in [2.05, 4.69) is 29.4 Å². The topological polar surface area (TPSA) is 32.3 Å². The Hall–Kier alpha value is -1.06. The zero-order valence-corrected chi connectivity index (χ0v) is 15.9. The van der Waals surface area contributed by atoms with Gasteiger partial charge in [-0.3, -0.25) is 4.79 Å². The van der Waals surface area contributed by atoms with E-state index in [1.807, 2.05) is 12.1 Å². The average molecular weight is 361 g/mol. The van der Waals surface area contributed by atoms with Gasteiger partial charge in [-0.05, 0) is 81.6 Å². The molecule has 1 saturated heterocycles. The molecule has 25 heavy (non-hydrogen) atoms. The Balaban J connectivity index is 1.53. The molecule has 4 atom stereocenters. The van der Waals surface area contributed by atoms with Crippen LogP contribution in [0.3, 0.4) is 0 Å². The minimum atomic E-state index is -0.202. The number of benzene rings is 1. The quantitative estimate of drug-likeness (QED) is 0.883. The molecule has 3 fully saturated rings. The van der Waals surface area contributed by atoms with Crippen molar-refractivity contribution < 1.29 is 4.79 Å². The van der Waals surface area contributed by atoms with Gasteiger partial charge in [0.2, 0.25) is 5.91 Å². The summed E-state index contributed by atoms with van der Waals surface area (Å²) in [4.78, 5) is 15.8. The maximum atomic E-state index is 13.4. The van der Waals surface area contributed by atoms with Gasteiger partial charge in [-0.2, -0.15) is 0 Å². The van der Waals surface area contributed by atoms with Crippen molar-refractivity contribution in [2.45, 2.75) is 51.0 Å². The minimum Gasteiger partial charge on any atom is -0.352 e. The molecule has 1 aliphatic heterocycles. The summed E-state index contributed by atoms with van der Waals surface area (Å²) >= 11 is 6.05. The van der Waals surface area contributed by atoms with Gasteiger partial charge in [0.25, 0.3) is 0 Å². The number of hydrogen-bond donors (Lipinski definition) is 1. The molecule has 2 bridgehead atoms. The number of nitrogens with one attached hydrogen (secondary N) is 1. The fourth-order valence-corrected chi connectivity index (χ4v) is 5.72.